The van der Waals surface area contributed by atoms with Gasteiger partial charge in [-0.1, -0.05) is 16.8 Å². The molecule has 0 saturated carbocycles. The number of rotatable bonds is 5. The van der Waals surface area contributed by atoms with Crippen LogP contribution in [0.5, 0.6) is 0 Å². The van der Waals surface area contributed by atoms with Crippen LogP contribution in [-0.4, -0.2) is 22.3 Å². The summed E-state index contributed by atoms with van der Waals surface area (Å²) in [7, 11) is -3.66. The summed E-state index contributed by atoms with van der Waals surface area (Å²) in [6.45, 7) is 6.71. The minimum absolute atomic E-state index is 0.338. The van der Waals surface area contributed by atoms with Crippen molar-refractivity contribution in [2.45, 2.75) is 39.9 Å². The van der Waals surface area contributed by atoms with Crippen LogP contribution in [0.3, 0.4) is 0 Å². The first-order valence-electron chi connectivity index (χ1n) is 4.16. The van der Waals surface area contributed by atoms with Gasteiger partial charge < -0.3 is 14.3 Å². The van der Waals surface area contributed by atoms with E-state index in [0.29, 0.717) is 0 Å². The number of nitrogens with zero attached hydrogens (tertiary/aromatic N) is 1. The molecule has 5 nitrogen and oxygen atoms in total. The minimum Gasteiger partial charge on any atom is -0.409 e. The number of hydrogen-bond acceptors (Lipinski definition) is 5. The summed E-state index contributed by atoms with van der Waals surface area (Å²) < 4.78 is 21.9. The van der Waals surface area contributed by atoms with Crippen LogP contribution in [0.15, 0.2) is 5.16 Å². The molecule has 84 valence electrons. The molecule has 14 heavy (non-hydrogen) atoms. The molecule has 0 unspecified atom stereocenters. The second-order valence-corrected chi connectivity index (χ2v) is 5.64. The Morgan fingerprint density at radius 3 is 1.86 bits per heavy atom. The van der Waals surface area contributed by atoms with Crippen LogP contribution in [0.4, 0.5) is 0 Å². The standard InChI is InChI=1S/C7H15ClNO4P/c1-5(2)12-14(11,7(8)9-10)13-6(3)4/h5-6,10H,1-4H3/b9-7+. The van der Waals surface area contributed by atoms with Gasteiger partial charge in [-0.05, 0) is 27.7 Å². The summed E-state index contributed by atoms with van der Waals surface area (Å²) in [5.74, 6) is 0. The Kier molecular flexibility index (Phi) is 5.67. The van der Waals surface area contributed by atoms with Gasteiger partial charge in [-0.3, -0.25) is 4.57 Å². The van der Waals surface area contributed by atoms with Crippen molar-refractivity contribution in [1.29, 1.82) is 0 Å². The molecular weight excluding hydrogens is 229 g/mol. The first-order valence-corrected chi connectivity index (χ1v) is 6.09. The molecule has 0 aromatic carbocycles. The van der Waals surface area contributed by atoms with E-state index in [1.165, 1.54) is 0 Å². The molecule has 0 saturated heterocycles. The molecule has 0 fully saturated rings. The lowest BCUT2D eigenvalue weighted by molar-refractivity contribution is 0.152. The van der Waals surface area contributed by atoms with Gasteiger partial charge in [0, 0.05) is 0 Å². The van der Waals surface area contributed by atoms with Gasteiger partial charge in [0.05, 0.1) is 12.2 Å². The van der Waals surface area contributed by atoms with Gasteiger partial charge in [0.1, 0.15) is 0 Å². The van der Waals surface area contributed by atoms with Gasteiger partial charge in [0.15, 0.2) is 0 Å². The predicted molar refractivity (Wildman–Crippen MR) is 55.1 cm³/mol. The van der Waals surface area contributed by atoms with E-state index in [1.54, 1.807) is 27.7 Å². The van der Waals surface area contributed by atoms with E-state index in [4.69, 9.17) is 25.9 Å². The van der Waals surface area contributed by atoms with E-state index in [2.05, 4.69) is 5.16 Å². The number of halogens is 1. The van der Waals surface area contributed by atoms with Gasteiger partial charge in [0.25, 0.3) is 4.91 Å². The third kappa shape index (κ3) is 4.42. The molecular formula is C7H15ClNO4P. The molecule has 0 aromatic rings. The monoisotopic (exact) mass is 243 g/mol. The fraction of sp³-hybridized carbons (Fsp3) is 0.857. The fourth-order valence-electron chi connectivity index (χ4n) is 0.722. The quantitative estimate of drug-likeness (QED) is 0.349. The summed E-state index contributed by atoms with van der Waals surface area (Å²) >= 11 is 5.45. The predicted octanol–water partition coefficient (Wildman–Crippen LogP) is 3.01. The smallest absolute Gasteiger partial charge is 0.395 e. The maximum Gasteiger partial charge on any atom is 0.395 e. The number of hydrogen-bond donors (Lipinski definition) is 1. The maximum absolute atomic E-state index is 11.9. The van der Waals surface area contributed by atoms with Crippen LogP contribution >= 0.6 is 19.2 Å². The highest BCUT2D eigenvalue weighted by atomic mass is 35.5. The first-order chi connectivity index (χ1) is 6.31. The molecule has 7 heteroatoms. The van der Waals surface area contributed by atoms with Crippen molar-refractivity contribution in [2.75, 3.05) is 0 Å². The van der Waals surface area contributed by atoms with Gasteiger partial charge in [-0.25, -0.2) is 0 Å². The average Bonchev–Trinajstić information content (AvgIpc) is 1.99. The third-order valence-electron chi connectivity index (χ3n) is 1.01. The van der Waals surface area contributed by atoms with E-state index in [1.807, 2.05) is 0 Å². The maximum atomic E-state index is 11.9. The molecule has 0 heterocycles. The van der Waals surface area contributed by atoms with Crippen molar-refractivity contribution in [3.05, 3.63) is 0 Å². The molecule has 0 spiro atoms. The van der Waals surface area contributed by atoms with Crippen LogP contribution < -0.4 is 0 Å². The van der Waals surface area contributed by atoms with Crippen molar-refractivity contribution < 1.29 is 18.8 Å². The van der Waals surface area contributed by atoms with Crippen molar-refractivity contribution in [3.63, 3.8) is 0 Å². The molecule has 0 aliphatic heterocycles. The van der Waals surface area contributed by atoms with Crippen LogP contribution in [0.1, 0.15) is 27.7 Å². The average molecular weight is 244 g/mol. The zero-order valence-corrected chi connectivity index (χ0v) is 10.2. The highest BCUT2D eigenvalue weighted by Gasteiger charge is 2.34. The van der Waals surface area contributed by atoms with E-state index < -0.39 is 12.5 Å². The highest BCUT2D eigenvalue weighted by Crippen LogP contribution is 2.53. The van der Waals surface area contributed by atoms with Crippen molar-refractivity contribution >= 4 is 24.1 Å². The van der Waals surface area contributed by atoms with Crippen LogP contribution in [0.25, 0.3) is 0 Å². The Morgan fingerprint density at radius 1 is 1.29 bits per heavy atom. The summed E-state index contributed by atoms with van der Waals surface area (Å²) in [6.07, 6.45) is -0.676. The number of oxime groups is 1. The van der Waals surface area contributed by atoms with E-state index in [-0.39, 0.29) is 12.2 Å². The van der Waals surface area contributed by atoms with Gasteiger partial charge in [0.2, 0.25) is 0 Å². The molecule has 0 aromatic heterocycles. The lowest BCUT2D eigenvalue weighted by Gasteiger charge is -2.20. The highest BCUT2D eigenvalue weighted by molar-refractivity contribution is 7.77. The Hall–Kier alpha value is -0.0900. The van der Waals surface area contributed by atoms with E-state index >= 15 is 0 Å². The Balaban J connectivity index is 4.77. The topological polar surface area (TPSA) is 68.1 Å². The fourth-order valence-corrected chi connectivity index (χ4v) is 2.40. The van der Waals surface area contributed by atoms with E-state index in [9.17, 15) is 4.57 Å². The zero-order valence-electron chi connectivity index (χ0n) is 8.60. The van der Waals surface area contributed by atoms with Crippen molar-refractivity contribution in [1.82, 2.24) is 0 Å². The Labute approximate surface area is 88.6 Å². The minimum atomic E-state index is -3.66. The summed E-state index contributed by atoms with van der Waals surface area (Å²) in [5.41, 5.74) is 0. The molecule has 0 atom stereocenters. The summed E-state index contributed by atoms with van der Waals surface area (Å²) in [5, 5.41) is 11.1. The lowest BCUT2D eigenvalue weighted by Crippen LogP contribution is -2.11. The van der Waals surface area contributed by atoms with Crippen LogP contribution in [-0.2, 0) is 13.6 Å². The largest absolute Gasteiger partial charge is 0.409 e. The Morgan fingerprint density at radius 2 is 1.64 bits per heavy atom. The van der Waals surface area contributed by atoms with E-state index in [0.717, 1.165) is 0 Å². The van der Waals surface area contributed by atoms with Crippen molar-refractivity contribution in [3.8, 4) is 0 Å². The summed E-state index contributed by atoms with van der Waals surface area (Å²) in [4.78, 5) is -0.556. The first kappa shape index (κ1) is 13.9. The van der Waals surface area contributed by atoms with Crippen molar-refractivity contribution in [2.24, 2.45) is 5.16 Å². The van der Waals surface area contributed by atoms with Gasteiger partial charge >= 0.3 is 7.60 Å². The third-order valence-corrected chi connectivity index (χ3v) is 3.64. The van der Waals surface area contributed by atoms with Crippen LogP contribution in [0.2, 0.25) is 0 Å². The van der Waals surface area contributed by atoms with Gasteiger partial charge in [-0.15, -0.1) is 0 Å². The normalized spacial score (nSPS) is 14.1. The molecule has 0 bridgehead atoms. The van der Waals surface area contributed by atoms with Gasteiger partial charge in [-0.2, -0.15) is 0 Å². The molecule has 1 N–H and O–H groups in total. The Bertz CT molecular complexity index is 240. The SMILES string of the molecule is CC(C)OP(=O)(OC(C)C)/C(Cl)=N/O. The molecule has 0 amide bonds. The molecule has 0 aliphatic carbocycles. The molecule has 0 radical (unpaired) electrons. The molecule has 0 aliphatic rings. The lowest BCUT2D eigenvalue weighted by atomic mass is 10.5. The second-order valence-electron chi connectivity index (χ2n) is 3.17. The second kappa shape index (κ2) is 5.71. The summed E-state index contributed by atoms with van der Waals surface area (Å²) in [6, 6.07) is 0. The van der Waals surface area contributed by atoms with Crippen LogP contribution in [0, 0.1) is 0 Å². The molecule has 0 rings (SSSR count). The zero-order chi connectivity index (χ0) is 11.4.